The van der Waals surface area contributed by atoms with Gasteiger partial charge in [-0.1, -0.05) is 57.2 Å². The van der Waals surface area contributed by atoms with Gasteiger partial charge >= 0.3 is 0 Å². The Bertz CT molecular complexity index is 570. The molecule has 2 heteroatoms. The Morgan fingerprint density at radius 3 is 2.15 bits per heavy atom. The average molecular weight is 269 g/mol. The molecule has 0 aliphatic rings. The lowest BCUT2D eigenvalue weighted by molar-refractivity contribution is 0.449. The first-order chi connectivity index (χ1) is 9.52. The monoisotopic (exact) mass is 269 g/mol. The summed E-state index contributed by atoms with van der Waals surface area (Å²) in [6.45, 7) is 7.41. The molecule has 0 radical (unpaired) electrons. The summed E-state index contributed by atoms with van der Waals surface area (Å²) in [5.41, 5.74) is 2.45. The first-order valence-electron chi connectivity index (χ1n) is 7.02. The van der Waals surface area contributed by atoms with Crippen LogP contribution in [0.15, 0.2) is 48.5 Å². The van der Waals surface area contributed by atoms with E-state index in [0.29, 0.717) is 0 Å². The van der Waals surface area contributed by atoms with Crippen LogP contribution in [0, 0.1) is 0 Å². The third kappa shape index (κ3) is 3.40. The maximum Gasteiger partial charge on any atom is 0.131 e. The maximum absolute atomic E-state index is 6.18. The van der Waals surface area contributed by atoms with E-state index >= 15 is 0 Å². The van der Waals surface area contributed by atoms with Crippen molar-refractivity contribution in [2.24, 2.45) is 0 Å². The molecule has 2 aromatic carbocycles. The number of hydrogen-bond donors (Lipinski definition) is 1. The number of nitrogens with one attached hydrogen (secondary N) is 1. The number of benzene rings is 2. The smallest absolute Gasteiger partial charge is 0.131 e. The quantitative estimate of drug-likeness (QED) is 0.882. The van der Waals surface area contributed by atoms with Crippen LogP contribution in [-0.2, 0) is 12.0 Å². The van der Waals surface area contributed by atoms with E-state index in [-0.39, 0.29) is 5.41 Å². The fourth-order valence-electron chi connectivity index (χ4n) is 2.23. The molecule has 0 saturated carbocycles. The van der Waals surface area contributed by atoms with Crippen LogP contribution in [0.25, 0.3) is 0 Å². The highest BCUT2D eigenvalue weighted by molar-refractivity contribution is 5.43. The lowest BCUT2D eigenvalue weighted by Gasteiger charge is -2.23. The van der Waals surface area contributed by atoms with Gasteiger partial charge in [0, 0.05) is 17.7 Å². The number of hydrogen-bond acceptors (Lipinski definition) is 2. The van der Waals surface area contributed by atoms with Gasteiger partial charge in [-0.3, -0.25) is 0 Å². The average Bonchev–Trinajstić information content (AvgIpc) is 2.41. The van der Waals surface area contributed by atoms with Gasteiger partial charge in [-0.2, -0.15) is 0 Å². The molecule has 1 N–H and O–H groups in total. The van der Waals surface area contributed by atoms with Crippen LogP contribution < -0.4 is 10.1 Å². The molecule has 0 spiro atoms. The lowest BCUT2D eigenvalue weighted by Crippen LogP contribution is -2.13. The van der Waals surface area contributed by atoms with Gasteiger partial charge < -0.3 is 10.1 Å². The summed E-state index contributed by atoms with van der Waals surface area (Å²) in [5, 5.41) is 3.18. The predicted octanol–water partition coefficient (Wildman–Crippen LogP) is 4.50. The van der Waals surface area contributed by atoms with E-state index < -0.39 is 0 Å². The second-order valence-corrected chi connectivity index (χ2v) is 5.99. The molecule has 0 aliphatic heterocycles. The summed E-state index contributed by atoms with van der Waals surface area (Å²) in [6.07, 6.45) is 0. The number of rotatable bonds is 4. The van der Waals surface area contributed by atoms with Gasteiger partial charge in [-0.05, 0) is 24.6 Å². The van der Waals surface area contributed by atoms with E-state index in [2.05, 4.69) is 44.3 Å². The molecule has 0 aliphatic carbocycles. The van der Waals surface area contributed by atoms with Crippen molar-refractivity contribution in [1.82, 2.24) is 5.32 Å². The predicted molar refractivity (Wildman–Crippen MR) is 84.4 cm³/mol. The zero-order valence-corrected chi connectivity index (χ0v) is 12.7. The Kier molecular flexibility index (Phi) is 4.46. The molecule has 0 aromatic heterocycles. The van der Waals surface area contributed by atoms with Crippen molar-refractivity contribution in [2.75, 3.05) is 7.05 Å². The standard InChI is InChI=1S/C18H23NO/c1-18(2,3)15-10-6-8-12-17(15)20-16-11-7-5-9-14(16)13-19-4/h5-12,19H,13H2,1-4H3. The SMILES string of the molecule is CNCc1ccccc1Oc1ccccc1C(C)(C)C. The first kappa shape index (κ1) is 14.6. The lowest BCUT2D eigenvalue weighted by atomic mass is 9.86. The summed E-state index contributed by atoms with van der Waals surface area (Å²) >= 11 is 0. The van der Waals surface area contributed by atoms with Gasteiger partial charge in [0.25, 0.3) is 0 Å². The van der Waals surface area contributed by atoms with Crippen molar-refractivity contribution in [1.29, 1.82) is 0 Å². The van der Waals surface area contributed by atoms with Crippen LogP contribution >= 0.6 is 0 Å². The van der Waals surface area contributed by atoms with Crippen LogP contribution in [-0.4, -0.2) is 7.05 Å². The molecular weight excluding hydrogens is 246 g/mol. The Hall–Kier alpha value is -1.80. The molecule has 2 nitrogen and oxygen atoms in total. The third-order valence-corrected chi connectivity index (χ3v) is 3.25. The third-order valence-electron chi connectivity index (χ3n) is 3.25. The molecule has 0 fully saturated rings. The normalized spacial score (nSPS) is 11.4. The van der Waals surface area contributed by atoms with Crippen LogP contribution in [0.1, 0.15) is 31.9 Å². The fourth-order valence-corrected chi connectivity index (χ4v) is 2.23. The summed E-state index contributed by atoms with van der Waals surface area (Å²) in [6, 6.07) is 16.4. The fraction of sp³-hybridized carbons (Fsp3) is 0.333. The minimum absolute atomic E-state index is 0.0640. The van der Waals surface area contributed by atoms with Crippen molar-refractivity contribution in [2.45, 2.75) is 32.7 Å². The van der Waals surface area contributed by atoms with Gasteiger partial charge in [-0.25, -0.2) is 0 Å². The largest absolute Gasteiger partial charge is 0.457 e. The second-order valence-electron chi connectivity index (χ2n) is 5.99. The highest BCUT2D eigenvalue weighted by atomic mass is 16.5. The molecule has 0 heterocycles. The Balaban J connectivity index is 2.36. The van der Waals surface area contributed by atoms with Gasteiger partial charge in [-0.15, -0.1) is 0 Å². The first-order valence-corrected chi connectivity index (χ1v) is 7.02. The molecule has 0 saturated heterocycles. The Labute approximate surface area is 121 Å². The summed E-state index contributed by atoms with van der Waals surface area (Å²) in [5.74, 6) is 1.85. The zero-order chi connectivity index (χ0) is 14.6. The Morgan fingerprint density at radius 2 is 1.50 bits per heavy atom. The molecule has 106 valence electrons. The summed E-state index contributed by atoms with van der Waals surface area (Å²) < 4.78 is 6.18. The zero-order valence-electron chi connectivity index (χ0n) is 12.7. The van der Waals surface area contributed by atoms with E-state index in [0.717, 1.165) is 18.0 Å². The molecule has 0 bridgehead atoms. The topological polar surface area (TPSA) is 21.3 Å². The van der Waals surface area contributed by atoms with Crippen LogP contribution in [0.4, 0.5) is 0 Å². The number of para-hydroxylation sites is 2. The van der Waals surface area contributed by atoms with Crippen molar-refractivity contribution in [3.05, 3.63) is 59.7 Å². The van der Waals surface area contributed by atoms with Gasteiger partial charge in [0.2, 0.25) is 0 Å². The molecule has 2 aromatic rings. The van der Waals surface area contributed by atoms with E-state index in [1.165, 1.54) is 11.1 Å². The van der Waals surface area contributed by atoms with Gasteiger partial charge in [0.05, 0.1) is 0 Å². The minimum Gasteiger partial charge on any atom is -0.457 e. The summed E-state index contributed by atoms with van der Waals surface area (Å²) in [7, 11) is 1.94. The van der Waals surface area contributed by atoms with Crippen molar-refractivity contribution < 1.29 is 4.74 Å². The van der Waals surface area contributed by atoms with Crippen molar-refractivity contribution in [3.63, 3.8) is 0 Å². The van der Waals surface area contributed by atoms with E-state index in [9.17, 15) is 0 Å². The second kappa shape index (κ2) is 6.10. The summed E-state index contributed by atoms with van der Waals surface area (Å²) in [4.78, 5) is 0. The maximum atomic E-state index is 6.18. The van der Waals surface area contributed by atoms with Crippen LogP contribution in [0.3, 0.4) is 0 Å². The van der Waals surface area contributed by atoms with Crippen molar-refractivity contribution in [3.8, 4) is 11.5 Å². The molecule has 2 rings (SSSR count). The van der Waals surface area contributed by atoms with Gasteiger partial charge in [0.1, 0.15) is 11.5 Å². The number of ether oxygens (including phenoxy) is 1. The molecule has 0 atom stereocenters. The minimum atomic E-state index is 0.0640. The molecular formula is C18H23NO. The molecule has 20 heavy (non-hydrogen) atoms. The molecule has 0 unspecified atom stereocenters. The van der Waals surface area contributed by atoms with E-state index in [1.807, 2.05) is 37.4 Å². The highest BCUT2D eigenvalue weighted by Gasteiger charge is 2.19. The van der Waals surface area contributed by atoms with E-state index in [1.54, 1.807) is 0 Å². The van der Waals surface area contributed by atoms with E-state index in [4.69, 9.17) is 4.74 Å². The van der Waals surface area contributed by atoms with Crippen LogP contribution in [0.5, 0.6) is 11.5 Å². The Morgan fingerprint density at radius 1 is 0.900 bits per heavy atom. The van der Waals surface area contributed by atoms with Gasteiger partial charge in [0.15, 0.2) is 0 Å². The molecule has 0 amide bonds. The highest BCUT2D eigenvalue weighted by Crippen LogP contribution is 2.34. The van der Waals surface area contributed by atoms with Crippen molar-refractivity contribution >= 4 is 0 Å². The van der Waals surface area contributed by atoms with Crippen LogP contribution in [0.2, 0.25) is 0 Å².